The molecule has 1 atom stereocenters. The number of anilines is 4. The molecule has 0 saturated carbocycles. The number of nitrogens with one attached hydrogen (secondary N) is 3. The van der Waals surface area contributed by atoms with Crippen molar-refractivity contribution in [3.63, 3.8) is 0 Å². The van der Waals surface area contributed by atoms with Crippen molar-refractivity contribution < 1.29 is 24.2 Å². The van der Waals surface area contributed by atoms with Crippen LogP contribution in [0.2, 0.25) is 0 Å². The Morgan fingerprint density at radius 3 is 2.78 bits per heavy atom. The Morgan fingerprint density at radius 1 is 1.27 bits per heavy atom. The molecular weight excluding hydrogens is 530 g/mol. The minimum atomic E-state index is -0.737. The Balaban J connectivity index is 1.56. The number of aryl methyl sites for hydroxylation is 1. The summed E-state index contributed by atoms with van der Waals surface area (Å²) in [5.74, 6) is -0.561. The number of methoxy groups -OCH3 is 1. The van der Waals surface area contributed by atoms with Gasteiger partial charge in [-0.15, -0.1) is 0 Å². The van der Waals surface area contributed by atoms with Gasteiger partial charge in [0.1, 0.15) is 17.1 Å². The summed E-state index contributed by atoms with van der Waals surface area (Å²) >= 11 is 0. The first-order valence-electron chi connectivity index (χ1n) is 13.0. The van der Waals surface area contributed by atoms with Crippen LogP contribution >= 0.6 is 0 Å². The molecule has 14 heteroatoms. The Morgan fingerprint density at radius 2 is 2.07 bits per heavy atom. The fourth-order valence-corrected chi connectivity index (χ4v) is 4.55. The number of aromatic nitrogens is 4. The number of hydrogen-bond donors (Lipinski definition) is 5. The van der Waals surface area contributed by atoms with Crippen LogP contribution in [-0.2, 0) is 4.79 Å². The molecule has 41 heavy (non-hydrogen) atoms. The second kappa shape index (κ2) is 12.9. The average Bonchev–Trinajstić information content (AvgIpc) is 3.44. The van der Waals surface area contributed by atoms with Gasteiger partial charge in [0.05, 0.1) is 37.3 Å². The predicted octanol–water partition coefficient (Wildman–Crippen LogP) is 1.65. The van der Waals surface area contributed by atoms with E-state index in [1.54, 1.807) is 35.0 Å². The molecule has 14 nitrogen and oxygen atoms in total. The van der Waals surface area contributed by atoms with Gasteiger partial charge < -0.3 is 36.4 Å². The third kappa shape index (κ3) is 6.78. The molecule has 0 aliphatic carbocycles. The first-order chi connectivity index (χ1) is 19.7. The van der Waals surface area contributed by atoms with Gasteiger partial charge in [-0.05, 0) is 43.5 Å². The zero-order valence-corrected chi connectivity index (χ0v) is 22.9. The van der Waals surface area contributed by atoms with Gasteiger partial charge in [0.25, 0.3) is 11.8 Å². The fourth-order valence-electron chi connectivity index (χ4n) is 4.55. The summed E-state index contributed by atoms with van der Waals surface area (Å²) in [6, 6.07) is 3.20. The maximum Gasteiger partial charge on any atom is 0.254 e. The zero-order valence-electron chi connectivity index (χ0n) is 22.9. The number of carbonyl (C=O) groups is 3. The number of nitrogens with zero attached hydrogens (tertiary/aromatic N) is 5. The molecule has 2 aromatic heterocycles. The van der Waals surface area contributed by atoms with Gasteiger partial charge in [0.15, 0.2) is 0 Å². The lowest BCUT2D eigenvalue weighted by atomic mass is 10.1. The molecule has 216 valence electrons. The van der Waals surface area contributed by atoms with E-state index >= 15 is 0 Å². The number of aliphatic hydroxyl groups is 1. The highest BCUT2D eigenvalue weighted by atomic mass is 16.5. The molecule has 3 amide bonds. The maximum absolute atomic E-state index is 12.4. The third-order valence-electron chi connectivity index (χ3n) is 6.59. The van der Waals surface area contributed by atoms with Gasteiger partial charge in [-0.1, -0.05) is 6.58 Å². The second-order valence-corrected chi connectivity index (χ2v) is 9.41. The highest BCUT2D eigenvalue weighted by molar-refractivity contribution is 5.99. The summed E-state index contributed by atoms with van der Waals surface area (Å²) in [6.45, 7) is 6.49. The number of rotatable bonds is 11. The molecule has 0 spiro atoms. The zero-order chi connectivity index (χ0) is 29.5. The van der Waals surface area contributed by atoms with E-state index in [1.807, 2.05) is 0 Å². The SMILES string of the molecule is C=CC(=O)N1CCC[C@H](n2cc(Nc3ncc(C(N)=O)c(Nc4c(C)cc(C(=O)NCCO)cc4OC)n3)cn2)C1. The minimum absolute atomic E-state index is 0.0164. The summed E-state index contributed by atoms with van der Waals surface area (Å²) in [5, 5.41) is 22.2. The monoisotopic (exact) mass is 563 g/mol. The van der Waals surface area contributed by atoms with Crippen LogP contribution in [0.25, 0.3) is 0 Å². The van der Waals surface area contributed by atoms with E-state index in [-0.39, 0.29) is 48.3 Å². The Bertz CT molecular complexity index is 1450. The maximum atomic E-state index is 12.4. The van der Waals surface area contributed by atoms with Crippen LogP contribution < -0.4 is 26.4 Å². The molecule has 0 bridgehead atoms. The summed E-state index contributed by atoms with van der Waals surface area (Å²) in [6.07, 6.45) is 7.79. The molecule has 6 N–H and O–H groups in total. The highest BCUT2D eigenvalue weighted by Crippen LogP contribution is 2.33. The number of ether oxygens (including phenoxy) is 1. The molecule has 4 rings (SSSR count). The lowest BCUT2D eigenvalue weighted by Gasteiger charge is -2.32. The van der Waals surface area contributed by atoms with Crippen molar-refractivity contribution in [3.8, 4) is 5.75 Å². The summed E-state index contributed by atoms with van der Waals surface area (Å²) in [5.41, 5.74) is 7.70. The smallest absolute Gasteiger partial charge is 0.254 e. The number of primary amides is 1. The van der Waals surface area contributed by atoms with Crippen LogP contribution in [0.5, 0.6) is 5.75 Å². The van der Waals surface area contributed by atoms with E-state index in [0.717, 1.165) is 12.8 Å². The number of hydrogen-bond acceptors (Lipinski definition) is 10. The normalized spacial score (nSPS) is 14.7. The molecule has 3 heterocycles. The van der Waals surface area contributed by atoms with Gasteiger partial charge in [0, 0.05) is 37.6 Å². The van der Waals surface area contributed by atoms with E-state index in [2.05, 4.69) is 37.6 Å². The van der Waals surface area contributed by atoms with Crippen LogP contribution in [0.1, 0.15) is 45.2 Å². The van der Waals surface area contributed by atoms with E-state index in [4.69, 9.17) is 15.6 Å². The molecular formula is C27H33N9O5. The molecule has 1 aliphatic rings. The number of benzene rings is 1. The van der Waals surface area contributed by atoms with E-state index in [0.29, 0.717) is 41.3 Å². The summed E-state index contributed by atoms with van der Waals surface area (Å²) in [7, 11) is 1.45. The topological polar surface area (TPSA) is 190 Å². The van der Waals surface area contributed by atoms with Crippen LogP contribution in [0.4, 0.5) is 23.1 Å². The quantitative estimate of drug-likeness (QED) is 0.214. The van der Waals surface area contributed by atoms with Crippen LogP contribution in [-0.4, -0.2) is 80.8 Å². The highest BCUT2D eigenvalue weighted by Gasteiger charge is 2.24. The minimum Gasteiger partial charge on any atom is -0.495 e. The lowest BCUT2D eigenvalue weighted by molar-refractivity contribution is -0.127. The largest absolute Gasteiger partial charge is 0.495 e. The number of nitrogens with two attached hydrogens (primary N) is 1. The molecule has 0 radical (unpaired) electrons. The number of carbonyl (C=O) groups excluding carboxylic acids is 3. The first-order valence-corrected chi connectivity index (χ1v) is 13.0. The van der Waals surface area contributed by atoms with Crippen molar-refractivity contribution in [2.45, 2.75) is 25.8 Å². The van der Waals surface area contributed by atoms with Gasteiger partial charge in [-0.3, -0.25) is 19.1 Å². The van der Waals surface area contributed by atoms with Crippen LogP contribution in [0.15, 0.2) is 43.4 Å². The second-order valence-electron chi connectivity index (χ2n) is 9.41. The van der Waals surface area contributed by atoms with Crippen LogP contribution in [0.3, 0.4) is 0 Å². The fraction of sp³-hybridized carbons (Fsp3) is 0.333. The van der Waals surface area contributed by atoms with Gasteiger partial charge in [0.2, 0.25) is 11.9 Å². The first kappa shape index (κ1) is 29.0. The standard InChI is InChI=1S/C27H33N9O5/c1-4-22(38)35-8-5-6-19(15-35)36-14-18(12-31-36)32-27-30-13-20(24(28)39)25(34-27)33-23-16(2)10-17(11-21(23)41-3)26(40)29-7-9-37/h4,10-14,19,37H,1,5-9,15H2,2-3H3,(H2,28,39)(H,29,40)(H2,30,32,33,34)/t19-/m0/s1. The molecule has 1 aromatic carbocycles. The van der Waals surface area contributed by atoms with Crippen molar-refractivity contribution in [1.29, 1.82) is 0 Å². The summed E-state index contributed by atoms with van der Waals surface area (Å²) in [4.78, 5) is 47.1. The Labute approximate surface area is 236 Å². The van der Waals surface area contributed by atoms with Gasteiger partial charge >= 0.3 is 0 Å². The molecule has 3 aromatic rings. The van der Waals surface area contributed by atoms with Crippen molar-refractivity contribution >= 4 is 40.9 Å². The number of aliphatic hydroxyl groups excluding tert-OH is 1. The van der Waals surface area contributed by atoms with Crippen molar-refractivity contribution in [2.24, 2.45) is 5.73 Å². The molecule has 0 unspecified atom stereocenters. The van der Waals surface area contributed by atoms with E-state index in [9.17, 15) is 14.4 Å². The van der Waals surface area contributed by atoms with Crippen molar-refractivity contribution in [2.75, 3.05) is 44.0 Å². The molecule has 1 aliphatic heterocycles. The summed E-state index contributed by atoms with van der Waals surface area (Å²) < 4.78 is 7.30. The lowest BCUT2D eigenvalue weighted by Crippen LogP contribution is -2.39. The predicted molar refractivity (Wildman–Crippen MR) is 152 cm³/mol. The third-order valence-corrected chi connectivity index (χ3v) is 6.59. The van der Waals surface area contributed by atoms with E-state index in [1.165, 1.54) is 25.4 Å². The number of piperidine rings is 1. The number of likely N-dealkylation sites (tertiary alicyclic amines) is 1. The molecule has 1 saturated heterocycles. The van der Waals surface area contributed by atoms with Gasteiger partial charge in [-0.25, -0.2) is 4.98 Å². The van der Waals surface area contributed by atoms with Crippen molar-refractivity contribution in [3.05, 3.63) is 60.1 Å². The Hall–Kier alpha value is -4.98. The van der Waals surface area contributed by atoms with Gasteiger partial charge in [-0.2, -0.15) is 10.1 Å². The van der Waals surface area contributed by atoms with E-state index < -0.39 is 5.91 Å². The van der Waals surface area contributed by atoms with Crippen LogP contribution in [0, 0.1) is 6.92 Å². The number of amides is 3. The van der Waals surface area contributed by atoms with Crippen molar-refractivity contribution in [1.82, 2.24) is 30.0 Å². The Kier molecular flexibility index (Phi) is 9.14. The molecule has 1 fully saturated rings. The average molecular weight is 564 g/mol.